The van der Waals surface area contributed by atoms with Gasteiger partial charge in [0.05, 0.1) is 52.9 Å². The zero-order valence-corrected chi connectivity index (χ0v) is 32.3. The first kappa shape index (κ1) is 46.9. The average Bonchev–Trinajstić information content (AvgIpc) is 3.09. The Bertz CT molecular complexity index is 915. The van der Waals surface area contributed by atoms with Crippen LogP contribution in [0, 0.1) is 0 Å². The summed E-state index contributed by atoms with van der Waals surface area (Å²) in [4.78, 5) is 28.6. The minimum Gasteiger partial charge on any atom is -0.756 e. The maximum atomic E-state index is 10.4. The van der Waals surface area contributed by atoms with Crippen molar-refractivity contribution in [3.8, 4) is 5.75 Å². The fourth-order valence-electron chi connectivity index (χ4n) is 5.49. The molecule has 0 radical (unpaired) electrons. The van der Waals surface area contributed by atoms with E-state index in [0.29, 0.717) is 52.9 Å². The number of phosphoric ester groups is 1. The molecule has 0 spiro atoms. The van der Waals surface area contributed by atoms with E-state index < -0.39 is 7.82 Å². The highest BCUT2D eigenvalue weighted by Crippen LogP contribution is 2.29. The second-order valence-corrected chi connectivity index (χ2v) is 13.8. The van der Waals surface area contributed by atoms with Gasteiger partial charge in [-0.1, -0.05) is 103 Å². The Kier molecular flexibility index (Phi) is 32.8. The number of rotatable bonds is 39. The first-order valence-electron chi connectivity index (χ1n) is 19.4. The lowest BCUT2D eigenvalue weighted by Crippen LogP contribution is -2.13. The molecule has 294 valence electrons. The molecular formula is C38H70O11P-. The van der Waals surface area contributed by atoms with E-state index in [1.54, 1.807) is 0 Å². The second kappa shape index (κ2) is 34.9. The third kappa shape index (κ3) is 30.5. The molecule has 0 aliphatic heterocycles. The first-order valence-corrected chi connectivity index (χ1v) is 20.9. The molecule has 0 aliphatic carbocycles. The molecule has 1 rings (SSSR count). The van der Waals surface area contributed by atoms with Crippen LogP contribution in [0.1, 0.15) is 134 Å². The highest BCUT2D eigenvalue weighted by atomic mass is 31.2. The number of hydrogen-bond donors (Lipinski definition) is 1. The van der Waals surface area contributed by atoms with E-state index >= 15 is 0 Å². The smallest absolute Gasteiger partial charge is 0.265 e. The summed E-state index contributed by atoms with van der Waals surface area (Å²) in [5.74, 6) is 1.03. The highest BCUT2D eigenvalue weighted by molar-refractivity contribution is 7.44. The molecule has 1 N–H and O–H groups in total. The van der Waals surface area contributed by atoms with Gasteiger partial charge in [0, 0.05) is 6.61 Å². The Morgan fingerprint density at radius 1 is 0.560 bits per heavy atom. The quantitative estimate of drug-likeness (QED) is 0.0230. The molecule has 0 fully saturated rings. The zero-order chi connectivity index (χ0) is 36.2. The second-order valence-electron chi connectivity index (χ2n) is 12.7. The van der Waals surface area contributed by atoms with E-state index in [2.05, 4.69) is 36.6 Å². The number of benzene rings is 1. The molecule has 0 aliphatic rings. The molecule has 0 aromatic heterocycles. The number of unbranched alkanes of at least 4 members (excludes halogenated alkanes) is 14. The van der Waals surface area contributed by atoms with Crippen molar-refractivity contribution >= 4 is 7.82 Å². The summed E-state index contributed by atoms with van der Waals surface area (Å²) in [7, 11) is -4.71. The van der Waals surface area contributed by atoms with Crippen molar-refractivity contribution in [2.45, 2.75) is 136 Å². The average molecular weight is 734 g/mol. The summed E-state index contributed by atoms with van der Waals surface area (Å²) in [5, 5.41) is 0. The molecule has 1 unspecified atom stereocenters. The summed E-state index contributed by atoms with van der Waals surface area (Å²) in [6.45, 7) is 8.30. The Labute approximate surface area is 303 Å². The van der Waals surface area contributed by atoms with Gasteiger partial charge in [-0.05, 0) is 62.1 Å². The van der Waals surface area contributed by atoms with Crippen molar-refractivity contribution in [3.05, 3.63) is 29.3 Å². The van der Waals surface area contributed by atoms with Crippen LogP contribution in [-0.4, -0.2) is 77.8 Å². The molecule has 1 atom stereocenters. The normalized spacial score (nSPS) is 12.8. The Balaban J connectivity index is 2.11. The number of hydrogen-bond acceptors (Lipinski definition) is 10. The molecule has 0 heterocycles. The molecule has 1 aromatic carbocycles. The molecule has 0 saturated carbocycles. The fourth-order valence-corrected chi connectivity index (χ4v) is 5.79. The van der Waals surface area contributed by atoms with Crippen molar-refractivity contribution in [2.24, 2.45) is 0 Å². The monoisotopic (exact) mass is 733 g/mol. The SMILES string of the molecule is CCCCCCCCCc1cccc(OCCOCCOCCOCCCCCOOCOCCOP(=O)([O-])O)c1CCCCCCCCC. The lowest BCUT2D eigenvalue weighted by Gasteiger charge is -2.16. The van der Waals surface area contributed by atoms with Gasteiger partial charge in [0.1, 0.15) is 12.4 Å². The molecular weight excluding hydrogens is 663 g/mol. The van der Waals surface area contributed by atoms with Crippen LogP contribution in [0.3, 0.4) is 0 Å². The predicted molar refractivity (Wildman–Crippen MR) is 195 cm³/mol. The van der Waals surface area contributed by atoms with Crippen LogP contribution in [0.15, 0.2) is 18.2 Å². The zero-order valence-electron chi connectivity index (χ0n) is 31.4. The standard InChI is InChI=1S/C38H71O11P/c1-3-5-7-9-11-13-16-21-36-22-20-24-38(37(36)23-17-14-12-10-8-6-4-2)46-33-31-44-30-29-43-28-27-42-25-18-15-19-26-47-48-35-45-32-34-49-50(39,40)41/h20,22,24H,3-19,21,23,25-35H2,1-2H3,(H2,39,40,41)/p-1. The van der Waals surface area contributed by atoms with Crippen LogP contribution >= 0.6 is 7.82 Å². The molecule has 50 heavy (non-hydrogen) atoms. The third-order valence-electron chi connectivity index (χ3n) is 8.25. The molecule has 0 saturated heterocycles. The molecule has 12 heteroatoms. The van der Waals surface area contributed by atoms with E-state index in [4.69, 9.17) is 38.4 Å². The van der Waals surface area contributed by atoms with E-state index in [-0.39, 0.29) is 20.0 Å². The van der Waals surface area contributed by atoms with Gasteiger partial charge in [-0.2, -0.15) is 0 Å². The van der Waals surface area contributed by atoms with Gasteiger partial charge < -0.3 is 38.0 Å². The number of aryl methyl sites for hydroxylation is 1. The van der Waals surface area contributed by atoms with Gasteiger partial charge in [0.25, 0.3) is 7.82 Å². The van der Waals surface area contributed by atoms with Crippen molar-refractivity contribution in [1.29, 1.82) is 0 Å². The van der Waals surface area contributed by atoms with E-state index in [9.17, 15) is 9.46 Å². The fraction of sp³-hybridized carbons (Fsp3) is 0.842. The van der Waals surface area contributed by atoms with Gasteiger partial charge >= 0.3 is 0 Å². The third-order valence-corrected chi connectivity index (χ3v) is 8.76. The highest BCUT2D eigenvalue weighted by Gasteiger charge is 2.10. The van der Waals surface area contributed by atoms with E-state index in [1.165, 1.54) is 101 Å². The Morgan fingerprint density at radius 2 is 1.08 bits per heavy atom. The van der Waals surface area contributed by atoms with E-state index in [1.807, 2.05) is 0 Å². The van der Waals surface area contributed by atoms with Gasteiger partial charge in [-0.3, -0.25) is 4.57 Å². The Morgan fingerprint density at radius 3 is 1.72 bits per heavy atom. The number of ether oxygens (including phenoxy) is 5. The summed E-state index contributed by atoms with van der Waals surface area (Å²) in [5.41, 5.74) is 2.87. The lowest BCUT2D eigenvalue weighted by atomic mass is 9.95. The van der Waals surface area contributed by atoms with Crippen LogP contribution in [0.5, 0.6) is 5.75 Å². The Hall–Kier alpha value is -1.11. The van der Waals surface area contributed by atoms with Crippen LogP contribution in [0.25, 0.3) is 0 Å². The summed E-state index contributed by atoms with van der Waals surface area (Å²) < 4.78 is 42.7. The van der Waals surface area contributed by atoms with Gasteiger partial charge in [0.2, 0.25) is 0 Å². The van der Waals surface area contributed by atoms with Crippen LogP contribution in [-0.2, 0) is 50.7 Å². The maximum absolute atomic E-state index is 10.4. The van der Waals surface area contributed by atoms with E-state index in [0.717, 1.165) is 37.9 Å². The van der Waals surface area contributed by atoms with Crippen molar-refractivity contribution in [2.75, 3.05) is 72.9 Å². The molecule has 0 amide bonds. The number of phosphoric acid groups is 1. The van der Waals surface area contributed by atoms with Gasteiger partial charge in [-0.15, -0.1) is 0 Å². The topological polar surface area (TPSA) is 134 Å². The van der Waals surface area contributed by atoms with Crippen LogP contribution in [0.4, 0.5) is 0 Å². The predicted octanol–water partition coefficient (Wildman–Crippen LogP) is 8.27. The van der Waals surface area contributed by atoms with Crippen molar-refractivity contribution in [3.63, 3.8) is 0 Å². The summed E-state index contributed by atoms with van der Waals surface area (Å²) in [6.07, 6.45) is 23.4. The van der Waals surface area contributed by atoms with Crippen molar-refractivity contribution in [1.82, 2.24) is 0 Å². The minimum atomic E-state index is -4.71. The van der Waals surface area contributed by atoms with Crippen LogP contribution < -0.4 is 9.63 Å². The lowest BCUT2D eigenvalue weighted by molar-refractivity contribution is -0.337. The largest absolute Gasteiger partial charge is 0.756 e. The summed E-state index contributed by atoms with van der Waals surface area (Å²) >= 11 is 0. The van der Waals surface area contributed by atoms with Gasteiger partial charge in [0.15, 0.2) is 6.79 Å². The first-order chi connectivity index (χ1) is 24.5. The van der Waals surface area contributed by atoms with Crippen molar-refractivity contribution < 1.29 is 52.3 Å². The van der Waals surface area contributed by atoms with Crippen LogP contribution in [0.2, 0.25) is 0 Å². The molecule has 1 aromatic rings. The molecule has 11 nitrogen and oxygen atoms in total. The summed E-state index contributed by atoms with van der Waals surface area (Å²) in [6, 6.07) is 6.60. The molecule has 0 bridgehead atoms. The van der Waals surface area contributed by atoms with Gasteiger partial charge in [-0.25, -0.2) is 9.78 Å². The minimum absolute atomic E-state index is 0.0474. The maximum Gasteiger partial charge on any atom is 0.265 e.